The topological polar surface area (TPSA) is 136 Å². The summed E-state index contributed by atoms with van der Waals surface area (Å²) < 4.78 is 29.9. The number of methoxy groups -OCH3 is 2. The fourth-order valence-electron chi connectivity index (χ4n) is 1.57. The molecule has 0 radical (unpaired) electrons. The first-order chi connectivity index (χ1) is 11.9. The fourth-order valence-corrected chi connectivity index (χ4v) is 1.57. The molecular weight excluding hydrogens is 340 g/mol. The molecule has 0 bridgehead atoms. The van der Waals surface area contributed by atoms with Gasteiger partial charge in [-0.25, -0.2) is 0 Å². The molecular formula is C15H24O10-2. The van der Waals surface area contributed by atoms with Crippen molar-refractivity contribution in [1.82, 2.24) is 0 Å². The van der Waals surface area contributed by atoms with Crippen LogP contribution in [0.5, 0.6) is 0 Å². The second-order valence-electron chi connectivity index (χ2n) is 4.58. The summed E-state index contributed by atoms with van der Waals surface area (Å²) in [5, 5.41) is 22.5. The highest BCUT2D eigenvalue weighted by Gasteiger charge is 2.38. The summed E-state index contributed by atoms with van der Waals surface area (Å²) in [6, 6.07) is 0. The average molecular weight is 364 g/mol. The first-order valence-corrected chi connectivity index (χ1v) is 7.45. The summed E-state index contributed by atoms with van der Waals surface area (Å²) in [6.45, 7) is 3.74. The minimum atomic E-state index is -2.70. The van der Waals surface area contributed by atoms with Gasteiger partial charge in [-0.1, -0.05) is 6.58 Å². The van der Waals surface area contributed by atoms with Crippen molar-refractivity contribution >= 4 is 11.9 Å². The number of rotatable bonds is 17. The fraction of sp³-hybridized carbons (Fsp3) is 0.733. The molecule has 0 aromatic carbocycles. The molecule has 0 aliphatic carbocycles. The van der Waals surface area contributed by atoms with Gasteiger partial charge in [-0.2, -0.15) is 0 Å². The number of aliphatic carboxylic acids is 2. The van der Waals surface area contributed by atoms with Crippen LogP contribution < -0.4 is 10.2 Å². The molecule has 0 aliphatic heterocycles. The molecule has 0 saturated carbocycles. The molecule has 0 amide bonds. The molecule has 0 atom stereocenters. The summed E-state index contributed by atoms with van der Waals surface area (Å²) in [6.07, 6.45) is 0. The zero-order valence-corrected chi connectivity index (χ0v) is 14.4. The summed E-state index contributed by atoms with van der Waals surface area (Å²) in [7, 11) is 2.99. The lowest BCUT2D eigenvalue weighted by Crippen LogP contribution is -2.57. The lowest BCUT2D eigenvalue weighted by Gasteiger charge is -2.36. The van der Waals surface area contributed by atoms with Crippen LogP contribution in [-0.2, 0) is 38.0 Å². The van der Waals surface area contributed by atoms with Crippen molar-refractivity contribution in [2.75, 3.05) is 67.1 Å². The maximum Gasteiger partial charge on any atom is 0.238 e. The van der Waals surface area contributed by atoms with Gasteiger partial charge in [0.15, 0.2) is 0 Å². The van der Waals surface area contributed by atoms with E-state index < -0.39 is 23.3 Å². The van der Waals surface area contributed by atoms with Gasteiger partial charge in [0.1, 0.15) is 5.97 Å². The third-order valence-electron chi connectivity index (χ3n) is 2.84. The minimum Gasteiger partial charge on any atom is -0.545 e. The van der Waals surface area contributed by atoms with Crippen molar-refractivity contribution in [2.45, 2.75) is 5.79 Å². The second kappa shape index (κ2) is 13.7. The van der Waals surface area contributed by atoms with E-state index in [0.29, 0.717) is 13.2 Å². The predicted octanol–water partition coefficient (Wildman–Crippen LogP) is -2.90. The van der Waals surface area contributed by atoms with E-state index in [1.165, 1.54) is 14.2 Å². The van der Waals surface area contributed by atoms with Crippen LogP contribution >= 0.6 is 0 Å². The largest absolute Gasteiger partial charge is 0.545 e. The van der Waals surface area contributed by atoms with Crippen LogP contribution in [-0.4, -0.2) is 84.8 Å². The van der Waals surface area contributed by atoms with Crippen LogP contribution in [0, 0.1) is 0 Å². The van der Waals surface area contributed by atoms with Crippen LogP contribution in [0.2, 0.25) is 0 Å². The van der Waals surface area contributed by atoms with Gasteiger partial charge in [-0.3, -0.25) is 0 Å². The van der Waals surface area contributed by atoms with Crippen LogP contribution in [0.3, 0.4) is 0 Å². The summed E-state index contributed by atoms with van der Waals surface area (Å²) in [5.41, 5.74) is -0.929. The highest BCUT2D eigenvalue weighted by Crippen LogP contribution is 2.22. The molecule has 0 aromatic heterocycles. The van der Waals surface area contributed by atoms with E-state index in [-0.39, 0.29) is 39.6 Å². The van der Waals surface area contributed by atoms with Crippen LogP contribution in [0.4, 0.5) is 0 Å². The molecule has 0 heterocycles. The van der Waals surface area contributed by atoms with Crippen molar-refractivity contribution in [1.29, 1.82) is 0 Å². The van der Waals surface area contributed by atoms with Crippen molar-refractivity contribution < 1.29 is 48.2 Å². The van der Waals surface area contributed by atoms with Crippen molar-refractivity contribution in [3.05, 3.63) is 12.2 Å². The number of hydrogen-bond donors (Lipinski definition) is 0. The third-order valence-corrected chi connectivity index (χ3v) is 2.84. The Labute approximate surface area is 146 Å². The quantitative estimate of drug-likeness (QED) is 0.150. The average Bonchev–Trinajstić information content (AvgIpc) is 2.58. The van der Waals surface area contributed by atoms with E-state index in [9.17, 15) is 19.8 Å². The van der Waals surface area contributed by atoms with Gasteiger partial charge in [-0.15, -0.1) is 0 Å². The normalized spacial score (nSPS) is 11.4. The third kappa shape index (κ3) is 8.91. The molecule has 0 rings (SSSR count). The van der Waals surface area contributed by atoms with Gasteiger partial charge in [0.2, 0.25) is 5.79 Å². The predicted molar refractivity (Wildman–Crippen MR) is 79.2 cm³/mol. The Morgan fingerprint density at radius 2 is 1.20 bits per heavy atom. The van der Waals surface area contributed by atoms with Crippen LogP contribution in [0.15, 0.2) is 12.2 Å². The molecule has 10 nitrogen and oxygen atoms in total. The van der Waals surface area contributed by atoms with Gasteiger partial charge >= 0.3 is 0 Å². The Morgan fingerprint density at radius 3 is 1.52 bits per heavy atom. The van der Waals surface area contributed by atoms with Crippen LogP contribution in [0.1, 0.15) is 0 Å². The molecule has 0 saturated heterocycles. The lowest BCUT2D eigenvalue weighted by atomic mass is 10.1. The molecule has 0 unspecified atom stereocenters. The zero-order chi connectivity index (χ0) is 19.1. The number of carbonyl (C=O) groups excluding carboxylic acids is 2. The Morgan fingerprint density at radius 1 is 0.800 bits per heavy atom. The molecule has 0 fully saturated rings. The number of carboxylic acid groups (broad SMARTS) is 2. The number of hydrogen-bond acceptors (Lipinski definition) is 10. The number of carboxylic acids is 2. The van der Waals surface area contributed by atoms with Gasteiger partial charge in [0.05, 0.1) is 58.8 Å². The Hall–Kier alpha value is -1.56. The maximum atomic E-state index is 11.5. The Kier molecular flexibility index (Phi) is 12.8. The van der Waals surface area contributed by atoms with Crippen LogP contribution in [0.25, 0.3) is 0 Å². The smallest absolute Gasteiger partial charge is 0.238 e. The van der Waals surface area contributed by atoms with Crippen molar-refractivity contribution in [2.24, 2.45) is 0 Å². The first kappa shape index (κ1) is 23.4. The Bertz CT molecular complexity index is 393. The van der Waals surface area contributed by atoms with E-state index in [4.69, 9.17) is 28.4 Å². The van der Waals surface area contributed by atoms with E-state index in [1.54, 1.807) is 0 Å². The molecule has 0 aromatic rings. The van der Waals surface area contributed by atoms with Gasteiger partial charge < -0.3 is 48.2 Å². The molecule has 25 heavy (non-hydrogen) atoms. The van der Waals surface area contributed by atoms with E-state index >= 15 is 0 Å². The maximum absolute atomic E-state index is 11.5. The summed E-state index contributed by atoms with van der Waals surface area (Å²) in [4.78, 5) is 22.5. The second-order valence-corrected chi connectivity index (χ2v) is 4.58. The van der Waals surface area contributed by atoms with E-state index in [1.807, 2.05) is 0 Å². The Balaban J connectivity index is 4.69. The van der Waals surface area contributed by atoms with Gasteiger partial charge in [0.25, 0.3) is 0 Å². The minimum absolute atomic E-state index is 0.0214. The summed E-state index contributed by atoms with van der Waals surface area (Å²) in [5.74, 6) is -6.46. The van der Waals surface area contributed by atoms with Crippen molar-refractivity contribution in [3.63, 3.8) is 0 Å². The zero-order valence-electron chi connectivity index (χ0n) is 14.4. The van der Waals surface area contributed by atoms with E-state index in [0.717, 1.165) is 0 Å². The highest BCUT2D eigenvalue weighted by atomic mass is 16.7. The number of ether oxygens (including phenoxy) is 6. The molecule has 10 heteroatoms. The molecule has 0 N–H and O–H groups in total. The lowest BCUT2D eigenvalue weighted by molar-refractivity contribution is -0.357. The van der Waals surface area contributed by atoms with Crippen molar-refractivity contribution in [3.8, 4) is 0 Å². The molecule has 0 spiro atoms. The van der Waals surface area contributed by atoms with Gasteiger partial charge in [-0.05, 0) is 0 Å². The van der Waals surface area contributed by atoms with E-state index in [2.05, 4.69) is 6.58 Å². The monoisotopic (exact) mass is 364 g/mol. The SMILES string of the molecule is C=C(C(=O)[O-])C(OCCOCCOC)(OCCOCCOC)C(=O)[O-]. The molecule has 0 aliphatic rings. The first-order valence-electron chi connectivity index (χ1n) is 7.45. The molecule has 146 valence electrons. The summed E-state index contributed by atoms with van der Waals surface area (Å²) >= 11 is 0. The number of carbonyl (C=O) groups is 2. The standard InChI is InChI=1S/C15H26O10/c1-12(13(16)17)15(14(18)19,24-10-8-22-6-4-20-2)25-11-9-23-7-5-21-3/h1,4-11H2,2-3H3,(H,16,17)(H,18,19)/p-2. The highest BCUT2D eigenvalue weighted by molar-refractivity contribution is 5.95. The van der Waals surface area contributed by atoms with Gasteiger partial charge in [0, 0.05) is 19.8 Å².